The number of benzene rings is 2. The molecule has 0 saturated carbocycles. The second kappa shape index (κ2) is 9.82. The normalized spacial score (nSPS) is 12.9. The van der Waals surface area contributed by atoms with E-state index in [1.54, 1.807) is 18.2 Å². The van der Waals surface area contributed by atoms with Crippen molar-refractivity contribution in [2.24, 2.45) is 0 Å². The smallest absolute Gasteiger partial charge is 0.232 e. The lowest BCUT2D eigenvalue weighted by atomic mass is 10.1. The number of sulfone groups is 1. The van der Waals surface area contributed by atoms with Gasteiger partial charge in [0, 0.05) is 19.2 Å². The highest BCUT2D eigenvalue weighted by atomic mass is 32.2. The third-order valence-electron chi connectivity index (χ3n) is 5.20. The van der Waals surface area contributed by atoms with E-state index in [0.717, 1.165) is 29.2 Å². The number of sulfonamides is 1. The number of carbonyl (C=O) groups is 1. The van der Waals surface area contributed by atoms with Crippen LogP contribution in [-0.2, 0) is 24.7 Å². The van der Waals surface area contributed by atoms with Crippen LogP contribution in [0, 0.1) is 13.8 Å². The zero-order valence-corrected chi connectivity index (χ0v) is 20.2. The summed E-state index contributed by atoms with van der Waals surface area (Å²) in [5.41, 5.74) is 3.30. The fraction of sp³-hybridized carbons (Fsp3) is 0.409. The summed E-state index contributed by atoms with van der Waals surface area (Å²) in [6, 6.07) is 11.6. The Morgan fingerprint density at radius 3 is 2.16 bits per heavy atom. The molecule has 1 atom stereocenters. The molecule has 2 aromatic rings. The molecule has 0 radical (unpaired) electrons. The molecule has 0 saturated heterocycles. The molecule has 0 bridgehead atoms. The molecule has 170 valence electrons. The fourth-order valence-corrected chi connectivity index (χ4v) is 4.90. The molecule has 0 aliphatic carbocycles. The number of anilines is 1. The Labute approximate surface area is 185 Å². The van der Waals surface area contributed by atoms with Gasteiger partial charge in [-0.2, -0.15) is 0 Å². The van der Waals surface area contributed by atoms with E-state index in [1.165, 1.54) is 16.4 Å². The van der Waals surface area contributed by atoms with E-state index < -0.39 is 19.9 Å². The maximum atomic E-state index is 12.4. The van der Waals surface area contributed by atoms with E-state index in [9.17, 15) is 21.6 Å². The average Bonchev–Trinajstić information content (AvgIpc) is 2.66. The van der Waals surface area contributed by atoms with Gasteiger partial charge in [0.05, 0.1) is 22.9 Å². The number of hydrogen-bond acceptors (Lipinski definition) is 5. The van der Waals surface area contributed by atoms with Gasteiger partial charge in [0.15, 0.2) is 9.84 Å². The molecular weight excluding hydrogens is 436 g/mol. The van der Waals surface area contributed by atoms with E-state index in [-0.39, 0.29) is 29.8 Å². The maximum Gasteiger partial charge on any atom is 0.232 e. The van der Waals surface area contributed by atoms with Gasteiger partial charge in [0.25, 0.3) is 0 Å². The largest absolute Gasteiger partial charge is 0.350 e. The topological polar surface area (TPSA) is 101 Å². The first-order valence-corrected chi connectivity index (χ1v) is 13.7. The Morgan fingerprint density at radius 2 is 1.61 bits per heavy atom. The molecule has 0 aliphatic rings. The van der Waals surface area contributed by atoms with Crippen molar-refractivity contribution in [1.29, 1.82) is 0 Å². The van der Waals surface area contributed by atoms with Crippen molar-refractivity contribution < 1.29 is 21.6 Å². The second-order valence-electron chi connectivity index (χ2n) is 7.79. The summed E-state index contributed by atoms with van der Waals surface area (Å²) < 4.78 is 49.1. The molecule has 2 rings (SSSR count). The lowest BCUT2D eigenvalue weighted by Crippen LogP contribution is -2.33. The third-order valence-corrected chi connectivity index (χ3v) is 7.50. The number of aryl methyl sites for hydroxylation is 1. The highest BCUT2D eigenvalue weighted by Gasteiger charge is 2.20. The predicted molar refractivity (Wildman–Crippen MR) is 123 cm³/mol. The van der Waals surface area contributed by atoms with Crippen molar-refractivity contribution >= 4 is 31.5 Å². The van der Waals surface area contributed by atoms with Gasteiger partial charge in [0.1, 0.15) is 0 Å². The van der Waals surface area contributed by atoms with Crippen LogP contribution in [0.15, 0.2) is 47.4 Å². The van der Waals surface area contributed by atoms with Crippen LogP contribution in [0.25, 0.3) is 0 Å². The number of rotatable bonds is 9. The summed E-state index contributed by atoms with van der Waals surface area (Å²) in [6.07, 6.45) is 2.84. The quantitative estimate of drug-likeness (QED) is 0.612. The zero-order valence-electron chi connectivity index (χ0n) is 18.5. The Bertz CT molecular complexity index is 1140. The van der Waals surface area contributed by atoms with Crippen LogP contribution in [0.4, 0.5) is 5.69 Å². The van der Waals surface area contributed by atoms with Crippen LogP contribution < -0.4 is 9.62 Å². The highest BCUT2D eigenvalue weighted by molar-refractivity contribution is 7.92. The summed E-state index contributed by atoms with van der Waals surface area (Å²) >= 11 is 0. The molecule has 0 spiro atoms. The Morgan fingerprint density at radius 1 is 1.00 bits per heavy atom. The summed E-state index contributed by atoms with van der Waals surface area (Å²) in [6.45, 7) is 5.82. The number of carbonyl (C=O) groups excluding carboxylic acids is 1. The minimum atomic E-state index is -3.48. The van der Waals surface area contributed by atoms with E-state index in [4.69, 9.17) is 0 Å². The molecule has 0 unspecified atom stereocenters. The number of amides is 1. The van der Waals surface area contributed by atoms with Gasteiger partial charge < -0.3 is 5.32 Å². The van der Waals surface area contributed by atoms with E-state index in [1.807, 2.05) is 32.9 Å². The first-order chi connectivity index (χ1) is 14.3. The van der Waals surface area contributed by atoms with E-state index >= 15 is 0 Å². The predicted octanol–water partition coefficient (Wildman–Crippen LogP) is 3.13. The number of hydrogen-bond donors (Lipinski definition) is 1. The van der Waals surface area contributed by atoms with E-state index in [0.29, 0.717) is 12.1 Å². The number of nitrogens with one attached hydrogen (secondary N) is 1. The van der Waals surface area contributed by atoms with Gasteiger partial charge in [-0.3, -0.25) is 9.10 Å². The molecule has 7 nitrogen and oxygen atoms in total. The first kappa shape index (κ1) is 24.9. The Kier molecular flexibility index (Phi) is 7.88. The van der Waals surface area contributed by atoms with Crippen LogP contribution in [0.2, 0.25) is 0 Å². The minimum absolute atomic E-state index is 0.169. The Hall–Kier alpha value is -2.39. The monoisotopic (exact) mass is 466 g/mol. The molecule has 0 fully saturated rings. The summed E-state index contributed by atoms with van der Waals surface area (Å²) in [5.74, 6) is -0.200. The van der Waals surface area contributed by atoms with Crippen molar-refractivity contribution in [3.63, 3.8) is 0 Å². The third kappa shape index (κ3) is 6.80. The molecule has 2 aromatic carbocycles. The average molecular weight is 467 g/mol. The summed E-state index contributed by atoms with van der Waals surface area (Å²) in [4.78, 5) is 12.6. The molecule has 0 aromatic heterocycles. The molecule has 31 heavy (non-hydrogen) atoms. The van der Waals surface area contributed by atoms with Crippen LogP contribution in [0.3, 0.4) is 0 Å². The van der Waals surface area contributed by atoms with Crippen molar-refractivity contribution in [2.75, 3.05) is 23.4 Å². The zero-order chi connectivity index (χ0) is 23.4. The second-order valence-corrected chi connectivity index (χ2v) is 11.7. The van der Waals surface area contributed by atoms with Crippen LogP contribution in [0.5, 0.6) is 0 Å². The highest BCUT2D eigenvalue weighted by Crippen LogP contribution is 2.25. The van der Waals surface area contributed by atoms with E-state index in [2.05, 4.69) is 5.32 Å². The van der Waals surface area contributed by atoms with Gasteiger partial charge in [-0.15, -0.1) is 0 Å². The summed E-state index contributed by atoms with van der Waals surface area (Å²) in [5, 5.41) is 2.87. The van der Waals surface area contributed by atoms with Crippen LogP contribution >= 0.6 is 0 Å². The van der Waals surface area contributed by atoms with Gasteiger partial charge in [0.2, 0.25) is 15.9 Å². The molecule has 1 N–H and O–H groups in total. The van der Waals surface area contributed by atoms with Gasteiger partial charge in [-0.1, -0.05) is 24.3 Å². The SMILES string of the molecule is Cc1cccc(N(CCCC(=O)N[C@@H](C)c2ccc(S(C)(=O)=O)cc2)S(C)(=O)=O)c1C. The first-order valence-electron chi connectivity index (χ1n) is 9.94. The van der Waals surface area contributed by atoms with Crippen molar-refractivity contribution in [3.05, 3.63) is 59.2 Å². The Balaban J connectivity index is 1.98. The lowest BCUT2D eigenvalue weighted by molar-refractivity contribution is -0.121. The standard InChI is InChI=1S/C22H30N2O5S2/c1-16-8-6-9-21(17(16)2)24(31(5,28)29)15-7-10-22(25)23-18(3)19-11-13-20(14-12-19)30(4,26)27/h6,8-9,11-14,18H,7,10,15H2,1-5H3,(H,23,25)/t18-/m0/s1. The van der Waals surface area contributed by atoms with Gasteiger partial charge in [-0.25, -0.2) is 16.8 Å². The van der Waals surface area contributed by atoms with Crippen molar-refractivity contribution in [1.82, 2.24) is 5.32 Å². The van der Waals surface area contributed by atoms with Crippen molar-refractivity contribution in [2.45, 2.75) is 44.6 Å². The van der Waals surface area contributed by atoms with Crippen molar-refractivity contribution in [3.8, 4) is 0 Å². The van der Waals surface area contributed by atoms with Gasteiger partial charge in [-0.05, 0) is 62.1 Å². The molecular formula is C22H30N2O5S2. The number of nitrogens with zero attached hydrogens (tertiary/aromatic N) is 1. The molecule has 1 amide bonds. The minimum Gasteiger partial charge on any atom is -0.350 e. The maximum absolute atomic E-state index is 12.4. The summed E-state index contributed by atoms with van der Waals surface area (Å²) in [7, 11) is -6.76. The molecule has 0 aliphatic heterocycles. The van der Waals surface area contributed by atoms with Crippen LogP contribution in [0.1, 0.15) is 42.5 Å². The molecule has 0 heterocycles. The van der Waals surface area contributed by atoms with Gasteiger partial charge >= 0.3 is 0 Å². The molecule has 9 heteroatoms. The fourth-order valence-electron chi connectivity index (χ4n) is 3.25. The van der Waals surface area contributed by atoms with Crippen LogP contribution in [-0.4, -0.2) is 41.8 Å². The lowest BCUT2D eigenvalue weighted by Gasteiger charge is -2.25.